The number of hydrazine groups is 1. The lowest BCUT2D eigenvalue weighted by atomic mass is 10.1. The van der Waals surface area contributed by atoms with Crippen molar-refractivity contribution < 1.29 is 35.5 Å². The summed E-state index contributed by atoms with van der Waals surface area (Å²) < 4.78 is 70.9. The molecule has 1 aromatic carbocycles. The van der Waals surface area contributed by atoms with E-state index >= 15 is 0 Å². The normalized spacial score (nSPS) is 19.4. The van der Waals surface area contributed by atoms with Gasteiger partial charge < -0.3 is 9.47 Å². The molecule has 1 atom stereocenters. The van der Waals surface area contributed by atoms with Crippen LogP contribution in [0.4, 0.5) is 4.39 Å². The molecule has 0 saturated carbocycles. The first-order valence-electron chi connectivity index (χ1n) is 7.03. The molecule has 0 aliphatic carbocycles. The second-order valence-corrected chi connectivity index (χ2v) is 9.21. The van der Waals surface area contributed by atoms with Gasteiger partial charge in [0, 0.05) is 12.1 Å². The Labute approximate surface area is 144 Å². The minimum atomic E-state index is -4.44. The van der Waals surface area contributed by atoms with E-state index < -0.39 is 42.4 Å². The average molecular weight is 396 g/mol. The molecule has 0 aromatic heterocycles. The summed E-state index contributed by atoms with van der Waals surface area (Å²) in [5, 5.41) is 0. The van der Waals surface area contributed by atoms with Crippen LogP contribution in [0.15, 0.2) is 17.0 Å². The Morgan fingerprint density at radius 1 is 1.24 bits per heavy atom. The van der Waals surface area contributed by atoms with Crippen molar-refractivity contribution in [1.82, 2.24) is 10.3 Å². The van der Waals surface area contributed by atoms with E-state index in [2.05, 4.69) is 0 Å². The van der Waals surface area contributed by atoms with Crippen molar-refractivity contribution in [2.24, 2.45) is 5.92 Å². The molecule has 0 bridgehead atoms. The molecule has 1 saturated heterocycles. The fraction of sp³-hybridized carbons (Fsp3) is 0.462. The van der Waals surface area contributed by atoms with Gasteiger partial charge in [-0.15, -0.1) is 4.83 Å². The van der Waals surface area contributed by atoms with Crippen LogP contribution < -0.4 is 19.7 Å². The lowest BCUT2D eigenvalue weighted by molar-refractivity contribution is -0.124. The first kappa shape index (κ1) is 19.4. The van der Waals surface area contributed by atoms with E-state index in [1.54, 1.807) is 4.83 Å². The van der Waals surface area contributed by atoms with Crippen LogP contribution in [0.2, 0.25) is 0 Å². The first-order valence-corrected chi connectivity index (χ1v) is 10.3. The van der Waals surface area contributed by atoms with Crippen molar-refractivity contribution in [1.29, 1.82) is 0 Å². The smallest absolute Gasteiger partial charge is 0.260 e. The van der Waals surface area contributed by atoms with Gasteiger partial charge in [-0.25, -0.2) is 21.2 Å². The fourth-order valence-electron chi connectivity index (χ4n) is 2.32. The highest BCUT2D eigenvalue weighted by Gasteiger charge is 2.33. The third-order valence-corrected chi connectivity index (χ3v) is 6.67. The maximum Gasteiger partial charge on any atom is 0.260 e. The zero-order chi connectivity index (χ0) is 18.8. The van der Waals surface area contributed by atoms with E-state index in [-0.39, 0.29) is 29.4 Å². The van der Waals surface area contributed by atoms with Gasteiger partial charge in [-0.2, -0.15) is 0 Å². The number of methoxy groups -OCH3 is 2. The average Bonchev–Trinajstić information content (AvgIpc) is 2.92. The number of carbonyl (C=O) groups excluding carboxylic acids is 1. The number of sulfone groups is 1. The Bertz CT molecular complexity index is 884. The van der Waals surface area contributed by atoms with Crippen LogP contribution in [0.25, 0.3) is 0 Å². The first-order chi connectivity index (χ1) is 11.6. The molecule has 0 unspecified atom stereocenters. The number of benzene rings is 1. The maximum absolute atomic E-state index is 14.0. The molecule has 12 heteroatoms. The van der Waals surface area contributed by atoms with Gasteiger partial charge in [-0.1, -0.05) is 0 Å². The molecule has 140 valence electrons. The van der Waals surface area contributed by atoms with Gasteiger partial charge in [0.2, 0.25) is 5.91 Å². The van der Waals surface area contributed by atoms with Gasteiger partial charge in [0.25, 0.3) is 10.0 Å². The number of amides is 1. The number of rotatable bonds is 6. The minimum absolute atomic E-state index is 0.000789. The zero-order valence-electron chi connectivity index (χ0n) is 13.4. The Balaban J connectivity index is 2.15. The van der Waals surface area contributed by atoms with E-state index in [1.165, 1.54) is 14.2 Å². The lowest BCUT2D eigenvalue weighted by Crippen LogP contribution is -2.45. The van der Waals surface area contributed by atoms with Crippen LogP contribution in [0.1, 0.15) is 6.42 Å². The summed E-state index contributed by atoms with van der Waals surface area (Å²) in [6.45, 7) is 0. The van der Waals surface area contributed by atoms with Gasteiger partial charge in [0.15, 0.2) is 21.3 Å². The summed E-state index contributed by atoms with van der Waals surface area (Å²) in [5.74, 6) is -3.28. The third kappa shape index (κ3) is 4.38. The van der Waals surface area contributed by atoms with Crippen molar-refractivity contribution >= 4 is 25.8 Å². The molecule has 1 aliphatic heterocycles. The SMILES string of the molecule is COc1cc(F)c(S(=O)(=O)NNC(=O)[C@@H]2CCS(=O)(=O)C2)cc1OC. The van der Waals surface area contributed by atoms with Crippen LogP contribution in [-0.4, -0.2) is 48.5 Å². The molecular weight excluding hydrogens is 379 g/mol. The summed E-state index contributed by atoms with van der Waals surface area (Å²) >= 11 is 0. The van der Waals surface area contributed by atoms with Gasteiger partial charge in [0.05, 0.1) is 31.6 Å². The van der Waals surface area contributed by atoms with E-state index in [4.69, 9.17) is 9.47 Å². The van der Waals surface area contributed by atoms with Gasteiger partial charge in [-0.3, -0.25) is 10.2 Å². The quantitative estimate of drug-likeness (QED) is 0.626. The maximum atomic E-state index is 14.0. The molecule has 25 heavy (non-hydrogen) atoms. The molecule has 0 radical (unpaired) electrons. The highest BCUT2D eigenvalue weighted by molar-refractivity contribution is 7.91. The second-order valence-electron chi connectivity index (χ2n) is 5.33. The summed E-state index contributed by atoms with van der Waals surface area (Å²) in [6.07, 6.45) is 0.0978. The molecule has 2 N–H and O–H groups in total. The van der Waals surface area contributed by atoms with E-state index in [9.17, 15) is 26.0 Å². The number of sulfonamides is 1. The van der Waals surface area contributed by atoms with Crippen molar-refractivity contribution in [2.75, 3.05) is 25.7 Å². The predicted molar refractivity (Wildman–Crippen MR) is 84.7 cm³/mol. The third-order valence-electron chi connectivity index (χ3n) is 3.64. The van der Waals surface area contributed by atoms with Crippen LogP contribution in [-0.2, 0) is 24.7 Å². The largest absolute Gasteiger partial charge is 0.493 e. The van der Waals surface area contributed by atoms with Crippen LogP contribution in [0.5, 0.6) is 11.5 Å². The molecule has 0 spiro atoms. The Morgan fingerprint density at radius 2 is 1.84 bits per heavy atom. The van der Waals surface area contributed by atoms with Crippen molar-refractivity contribution in [3.05, 3.63) is 17.9 Å². The molecule has 9 nitrogen and oxygen atoms in total. The topological polar surface area (TPSA) is 128 Å². The number of ether oxygens (including phenoxy) is 2. The van der Waals surface area contributed by atoms with Gasteiger partial charge >= 0.3 is 0 Å². The number of carbonyl (C=O) groups is 1. The summed E-state index contributed by atoms with van der Waals surface area (Å²) in [7, 11) is -5.23. The van der Waals surface area contributed by atoms with Gasteiger partial charge in [-0.05, 0) is 6.42 Å². The highest BCUT2D eigenvalue weighted by atomic mass is 32.2. The molecule has 1 amide bonds. The lowest BCUT2D eigenvalue weighted by Gasteiger charge is -2.14. The van der Waals surface area contributed by atoms with Crippen molar-refractivity contribution in [3.63, 3.8) is 0 Å². The summed E-state index contributed by atoms with van der Waals surface area (Å²) in [5.41, 5.74) is 1.91. The monoisotopic (exact) mass is 396 g/mol. The minimum Gasteiger partial charge on any atom is -0.493 e. The Kier molecular flexibility index (Phi) is 5.54. The van der Waals surface area contributed by atoms with Crippen LogP contribution in [0.3, 0.4) is 0 Å². The summed E-state index contributed by atoms with van der Waals surface area (Å²) in [6, 6.07) is 1.74. The standard InChI is InChI=1S/C13H17FN2O7S2/c1-22-10-5-9(14)12(6-11(10)23-2)25(20,21)16-15-13(17)8-3-4-24(18,19)7-8/h5-6,8,16H,3-4,7H2,1-2H3,(H,15,17)/t8-/m1/s1. The Morgan fingerprint density at radius 3 is 2.36 bits per heavy atom. The van der Waals surface area contributed by atoms with E-state index in [1.807, 2.05) is 5.43 Å². The molecule has 1 heterocycles. The fourth-order valence-corrected chi connectivity index (χ4v) is 4.98. The predicted octanol–water partition coefficient (Wildman–Crippen LogP) is -0.413. The van der Waals surface area contributed by atoms with Crippen molar-refractivity contribution in [2.45, 2.75) is 11.3 Å². The van der Waals surface area contributed by atoms with Crippen molar-refractivity contribution in [3.8, 4) is 11.5 Å². The van der Waals surface area contributed by atoms with Crippen LogP contribution >= 0.6 is 0 Å². The highest BCUT2D eigenvalue weighted by Crippen LogP contribution is 2.31. The number of halogens is 1. The Hall–Kier alpha value is -1.92. The number of nitrogens with one attached hydrogen (secondary N) is 2. The number of hydrogen-bond acceptors (Lipinski definition) is 7. The van der Waals surface area contributed by atoms with E-state index in [0.717, 1.165) is 12.1 Å². The molecule has 1 aliphatic rings. The molecule has 1 fully saturated rings. The summed E-state index contributed by atoms with van der Waals surface area (Å²) in [4.78, 5) is 12.9. The van der Waals surface area contributed by atoms with Gasteiger partial charge in [0.1, 0.15) is 10.7 Å². The molecule has 1 aromatic rings. The van der Waals surface area contributed by atoms with Crippen LogP contribution in [0, 0.1) is 11.7 Å². The molecule has 2 rings (SSSR count). The second kappa shape index (κ2) is 7.14. The molecular formula is C13H17FN2O7S2. The van der Waals surface area contributed by atoms with E-state index in [0.29, 0.717) is 0 Å². The number of hydrogen-bond donors (Lipinski definition) is 2. The zero-order valence-corrected chi connectivity index (χ0v) is 15.0.